The van der Waals surface area contributed by atoms with Crippen molar-refractivity contribution in [3.05, 3.63) is 64.4 Å². The van der Waals surface area contributed by atoms with E-state index in [1.807, 2.05) is 6.07 Å². The molecule has 1 heterocycles. The van der Waals surface area contributed by atoms with Gasteiger partial charge in [0.25, 0.3) is 0 Å². The molecule has 0 atom stereocenters. The van der Waals surface area contributed by atoms with Gasteiger partial charge in [0.15, 0.2) is 0 Å². The maximum absolute atomic E-state index is 14.1. The molecule has 0 saturated carbocycles. The van der Waals surface area contributed by atoms with Gasteiger partial charge in [-0.2, -0.15) is 0 Å². The van der Waals surface area contributed by atoms with Crippen molar-refractivity contribution in [2.75, 3.05) is 18.5 Å². The number of benzene rings is 2. The van der Waals surface area contributed by atoms with Crippen LogP contribution in [-0.2, 0) is 26.2 Å². The van der Waals surface area contributed by atoms with Gasteiger partial charge in [-0.1, -0.05) is 29.8 Å². The molecule has 7 heteroatoms. The van der Waals surface area contributed by atoms with Crippen molar-refractivity contribution < 1.29 is 23.8 Å². The number of hydrogen-bond donors (Lipinski definition) is 2. The van der Waals surface area contributed by atoms with Crippen LogP contribution in [0.25, 0.3) is 0 Å². The first kappa shape index (κ1) is 19.3. The van der Waals surface area contributed by atoms with Crippen LogP contribution < -0.4 is 5.32 Å². The number of carbonyl (C=O) groups is 2. The van der Waals surface area contributed by atoms with Crippen LogP contribution in [0, 0.1) is 5.82 Å². The number of halogens is 2. The zero-order valence-corrected chi connectivity index (χ0v) is 15.3. The van der Waals surface area contributed by atoms with Crippen LogP contribution in [0.2, 0.25) is 5.02 Å². The van der Waals surface area contributed by atoms with Gasteiger partial charge in [0.1, 0.15) is 5.82 Å². The Morgan fingerprint density at radius 3 is 2.56 bits per heavy atom. The fourth-order valence-corrected chi connectivity index (χ4v) is 3.53. The molecular formula is C20H19ClFNO4. The number of carboxylic acid groups (broad SMARTS) is 1. The number of ether oxygens (including phenoxy) is 1. The van der Waals surface area contributed by atoms with E-state index < -0.39 is 23.6 Å². The Kier molecular flexibility index (Phi) is 5.77. The predicted octanol–water partition coefficient (Wildman–Crippen LogP) is 3.79. The molecule has 2 aromatic carbocycles. The second-order valence-electron chi connectivity index (χ2n) is 6.54. The summed E-state index contributed by atoms with van der Waals surface area (Å²) in [6.07, 6.45) is 0.557. The van der Waals surface area contributed by atoms with Gasteiger partial charge in [-0.25, -0.2) is 4.39 Å². The highest BCUT2D eigenvalue weighted by molar-refractivity contribution is 6.30. The monoisotopic (exact) mass is 391 g/mol. The van der Waals surface area contributed by atoms with E-state index in [0.717, 1.165) is 11.6 Å². The molecular weight excluding hydrogens is 373 g/mol. The fourth-order valence-electron chi connectivity index (χ4n) is 3.33. The highest BCUT2D eigenvalue weighted by Gasteiger charge is 2.41. The van der Waals surface area contributed by atoms with Crippen molar-refractivity contribution in [1.29, 1.82) is 0 Å². The van der Waals surface area contributed by atoms with Crippen molar-refractivity contribution in [2.45, 2.75) is 24.7 Å². The summed E-state index contributed by atoms with van der Waals surface area (Å²) < 4.78 is 19.5. The summed E-state index contributed by atoms with van der Waals surface area (Å²) in [7, 11) is 0. The van der Waals surface area contributed by atoms with E-state index in [-0.39, 0.29) is 17.2 Å². The van der Waals surface area contributed by atoms with Crippen LogP contribution in [0.5, 0.6) is 0 Å². The molecule has 0 spiro atoms. The summed E-state index contributed by atoms with van der Waals surface area (Å²) in [6.45, 7) is 0.873. The Bertz CT molecular complexity index is 865. The second kappa shape index (κ2) is 8.06. The minimum atomic E-state index is -1.12. The average Bonchev–Trinajstić information content (AvgIpc) is 2.64. The number of rotatable bonds is 5. The van der Waals surface area contributed by atoms with E-state index in [1.54, 1.807) is 18.2 Å². The Labute approximate surface area is 161 Å². The van der Waals surface area contributed by atoms with Crippen molar-refractivity contribution in [1.82, 2.24) is 0 Å². The topological polar surface area (TPSA) is 75.6 Å². The van der Waals surface area contributed by atoms with Crippen LogP contribution >= 0.6 is 11.6 Å². The molecule has 0 aliphatic carbocycles. The normalized spacial score (nSPS) is 15.9. The van der Waals surface area contributed by atoms with Crippen molar-refractivity contribution in [3.8, 4) is 0 Å². The molecule has 1 saturated heterocycles. The summed E-state index contributed by atoms with van der Waals surface area (Å²) in [6, 6.07) is 11.2. The molecule has 2 aromatic rings. The van der Waals surface area contributed by atoms with Gasteiger partial charge in [-0.05, 0) is 48.2 Å². The standard InChI is InChI=1S/C20H19ClFNO4/c21-15-3-1-2-14(11-15)20(6-8-27-9-7-20)19(26)23-16-5-4-13(10-18(24)25)17(22)12-16/h1-5,11-12H,6-10H2,(H,23,26)(H,24,25). The number of aliphatic carboxylic acids is 1. The molecule has 1 amide bonds. The summed E-state index contributed by atoms with van der Waals surface area (Å²) in [5.74, 6) is -2.05. The summed E-state index contributed by atoms with van der Waals surface area (Å²) in [5, 5.41) is 12.1. The SMILES string of the molecule is O=C(O)Cc1ccc(NC(=O)C2(c3cccc(Cl)c3)CCOCC2)cc1F. The van der Waals surface area contributed by atoms with Crippen molar-refractivity contribution in [2.24, 2.45) is 0 Å². The summed E-state index contributed by atoms with van der Waals surface area (Å²) in [5.41, 5.74) is 0.314. The van der Waals surface area contributed by atoms with Gasteiger partial charge in [-0.3, -0.25) is 9.59 Å². The molecule has 142 valence electrons. The largest absolute Gasteiger partial charge is 0.481 e. The highest BCUT2D eigenvalue weighted by atomic mass is 35.5. The minimum absolute atomic E-state index is 0.0659. The quantitative estimate of drug-likeness (QED) is 0.813. The third kappa shape index (κ3) is 4.28. The lowest BCUT2D eigenvalue weighted by Gasteiger charge is -2.36. The molecule has 0 unspecified atom stereocenters. The van der Waals surface area contributed by atoms with Crippen molar-refractivity contribution >= 4 is 29.2 Å². The lowest BCUT2D eigenvalue weighted by atomic mass is 9.73. The van der Waals surface area contributed by atoms with Crippen LogP contribution in [0.3, 0.4) is 0 Å². The Morgan fingerprint density at radius 1 is 1.19 bits per heavy atom. The first-order chi connectivity index (χ1) is 12.9. The van der Waals surface area contributed by atoms with E-state index in [1.165, 1.54) is 12.1 Å². The Morgan fingerprint density at radius 2 is 1.93 bits per heavy atom. The molecule has 1 fully saturated rings. The zero-order valence-electron chi connectivity index (χ0n) is 14.5. The third-order valence-electron chi connectivity index (χ3n) is 4.81. The number of hydrogen-bond acceptors (Lipinski definition) is 3. The predicted molar refractivity (Wildman–Crippen MR) is 99.6 cm³/mol. The van der Waals surface area contributed by atoms with E-state index in [9.17, 15) is 14.0 Å². The molecule has 3 rings (SSSR count). The van der Waals surface area contributed by atoms with Crippen LogP contribution in [0.4, 0.5) is 10.1 Å². The van der Waals surface area contributed by atoms with E-state index >= 15 is 0 Å². The fraction of sp³-hybridized carbons (Fsp3) is 0.300. The Hall–Kier alpha value is -2.44. The molecule has 5 nitrogen and oxygen atoms in total. The maximum Gasteiger partial charge on any atom is 0.307 e. The van der Waals surface area contributed by atoms with Gasteiger partial charge in [0, 0.05) is 23.9 Å². The molecule has 27 heavy (non-hydrogen) atoms. The van der Waals surface area contributed by atoms with Gasteiger partial charge < -0.3 is 15.2 Å². The molecule has 1 aliphatic rings. The highest BCUT2D eigenvalue weighted by Crippen LogP contribution is 2.37. The number of carboxylic acids is 1. The number of carbonyl (C=O) groups excluding carboxylic acids is 1. The first-order valence-corrected chi connectivity index (χ1v) is 8.94. The zero-order chi connectivity index (χ0) is 19.4. The third-order valence-corrected chi connectivity index (χ3v) is 5.05. The molecule has 0 radical (unpaired) electrons. The van der Waals surface area contributed by atoms with E-state index in [0.29, 0.717) is 31.1 Å². The molecule has 0 aromatic heterocycles. The maximum atomic E-state index is 14.1. The minimum Gasteiger partial charge on any atom is -0.481 e. The van der Waals surface area contributed by atoms with Gasteiger partial charge in [0.05, 0.1) is 11.8 Å². The molecule has 1 aliphatic heterocycles. The van der Waals surface area contributed by atoms with Crippen molar-refractivity contribution in [3.63, 3.8) is 0 Å². The Balaban J connectivity index is 1.87. The van der Waals surface area contributed by atoms with Crippen LogP contribution in [0.1, 0.15) is 24.0 Å². The molecule has 2 N–H and O–H groups in total. The second-order valence-corrected chi connectivity index (χ2v) is 6.97. The van der Waals surface area contributed by atoms with Gasteiger partial charge in [0.2, 0.25) is 5.91 Å². The first-order valence-electron chi connectivity index (χ1n) is 8.56. The van der Waals surface area contributed by atoms with Gasteiger partial charge >= 0.3 is 5.97 Å². The summed E-state index contributed by atoms with van der Waals surface area (Å²) in [4.78, 5) is 23.9. The number of nitrogens with one attached hydrogen (secondary N) is 1. The molecule has 0 bridgehead atoms. The number of anilines is 1. The van der Waals surface area contributed by atoms with E-state index in [2.05, 4.69) is 5.32 Å². The van der Waals surface area contributed by atoms with Crippen LogP contribution in [0.15, 0.2) is 42.5 Å². The lowest BCUT2D eigenvalue weighted by molar-refractivity contribution is -0.136. The lowest BCUT2D eigenvalue weighted by Crippen LogP contribution is -2.44. The summed E-state index contributed by atoms with van der Waals surface area (Å²) >= 11 is 6.11. The average molecular weight is 392 g/mol. The van der Waals surface area contributed by atoms with Gasteiger partial charge in [-0.15, -0.1) is 0 Å². The van der Waals surface area contributed by atoms with E-state index in [4.69, 9.17) is 21.4 Å². The van der Waals surface area contributed by atoms with Crippen LogP contribution in [-0.4, -0.2) is 30.2 Å². The number of amides is 1. The smallest absolute Gasteiger partial charge is 0.307 e.